The molecule has 51 heavy (non-hydrogen) atoms. The average molecular weight is 693 g/mol. The number of benzene rings is 2. The first-order valence-electron chi connectivity index (χ1n) is 17.8. The molecule has 0 bridgehead atoms. The summed E-state index contributed by atoms with van der Waals surface area (Å²) in [4.78, 5) is 44.8. The minimum atomic E-state index is -1.11. The van der Waals surface area contributed by atoms with E-state index in [-0.39, 0.29) is 43.5 Å². The number of unbranched alkanes of at least 4 members (excludes halogenated alkanes) is 2. The van der Waals surface area contributed by atoms with E-state index in [9.17, 15) is 24.5 Å². The van der Waals surface area contributed by atoms with E-state index < -0.39 is 36.9 Å². The Morgan fingerprint density at radius 2 is 1.75 bits per heavy atom. The van der Waals surface area contributed by atoms with Gasteiger partial charge in [0, 0.05) is 19.2 Å². The Morgan fingerprint density at radius 3 is 2.45 bits per heavy atom. The molecule has 11 heteroatoms. The number of likely N-dealkylation sites (tertiary alicyclic amines) is 1. The number of rotatable bonds is 14. The van der Waals surface area contributed by atoms with Crippen LogP contribution < -0.4 is 4.74 Å². The monoisotopic (exact) mass is 692 g/mol. The molecule has 3 aromatic rings. The first-order valence-corrected chi connectivity index (χ1v) is 17.8. The number of para-hydroxylation sites is 1. The molecule has 2 aliphatic heterocycles. The maximum absolute atomic E-state index is 14.0. The number of nitrogens with zero attached hydrogens (tertiary/aromatic N) is 2. The number of fused-ring (bicyclic) bond motifs is 3. The number of allylic oxidation sites excluding steroid dienone is 1. The zero-order valence-corrected chi connectivity index (χ0v) is 29.2. The molecule has 3 aliphatic rings. The van der Waals surface area contributed by atoms with Crippen LogP contribution in [0.1, 0.15) is 67.3 Å². The molecular formula is C40H45BN2O8. The van der Waals surface area contributed by atoms with Gasteiger partial charge < -0.3 is 24.6 Å². The van der Waals surface area contributed by atoms with E-state index in [4.69, 9.17) is 14.5 Å². The third-order valence-electron chi connectivity index (χ3n) is 10.4. The number of hydrogen-bond acceptors (Lipinski definition) is 8. The molecule has 2 amide bonds. The number of carboxylic acids is 1. The number of aryl methyl sites for hydroxylation is 2. The molecular weight excluding hydrogens is 647 g/mol. The van der Waals surface area contributed by atoms with Crippen LogP contribution in [0.2, 0.25) is 6.32 Å². The van der Waals surface area contributed by atoms with Crippen molar-refractivity contribution in [1.82, 2.24) is 9.88 Å². The number of ether oxygens (including phenoxy) is 1. The first-order chi connectivity index (χ1) is 24.6. The predicted molar refractivity (Wildman–Crippen MR) is 193 cm³/mol. The summed E-state index contributed by atoms with van der Waals surface area (Å²) in [6.45, 7) is 4.21. The summed E-state index contributed by atoms with van der Waals surface area (Å²) in [7, 11) is -1.11. The van der Waals surface area contributed by atoms with Gasteiger partial charge in [-0.3, -0.25) is 24.3 Å². The molecule has 266 valence electrons. The third kappa shape index (κ3) is 8.26. The number of aromatic nitrogens is 1. The van der Waals surface area contributed by atoms with Gasteiger partial charge in [0.1, 0.15) is 18.1 Å². The van der Waals surface area contributed by atoms with E-state index in [1.54, 1.807) is 6.20 Å². The Bertz CT molecular complexity index is 1790. The number of pyridine rings is 1. The molecule has 1 aliphatic carbocycles. The second-order valence-electron chi connectivity index (χ2n) is 13.9. The molecule has 10 nitrogen and oxygen atoms in total. The van der Waals surface area contributed by atoms with Gasteiger partial charge in [-0.15, -0.1) is 0 Å². The number of carboxylic acid groups (broad SMARTS) is 1. The lowest BCUT2D eigenvalue weighted by molar-refractivity contribution is -0.141. The third-order valence-corrected chi connectivity index (χ3v) is 10.4. The van der Waals surface area contributed by atoms with Gasteiger partial charge in [-0.05, 0) is 134 Å². The maximum atomic E-state index is 14.0. The summed E-state index contributed by atoms with van der Waals surface area (Å²) >= 11 is 0. The van der Waals surface area contributed by atoms with Gasteiger partial charge in [0.15, 0.2) is 0 Å². The standard InChI is InChI=1S/C40H45BN2O8/c1-25-19-27(20-26(2)38(25)46)21-28(33-13-8-9-17-42-33)15-16-34-36-29(24-50-30-11-5-3-6-12-30)22-31-37(32(36)23-41(49)51-34)40(48)43(39(31)47)18-10-4-7-14-35(44)45/h3,5-6,8-9,11-13,17,19-21,31-32,34,37,46,49H,4,7,10,14-16,18,22-24H2,1-2H3,(H,44,45)/b28-21-/t31-,32+,34-,37-/m1/s1. The predicted octanol–water partition coefficient (Wildman–Crippen LogP) is 6.25. The van der Waals surface area contributed by atoms with Crippen LogP contribution in [0.4, 0.5) is 0 Å². The molecule has 0 radical (unpaired) electrons. The number of hydrogen-bond donors (Lipinski definition) is 3. The number of aliphatic carboxylic acids is 1. The molecule has 3 heterocycles. The van der Waals surface area contributed by atoms with Crippen LogP contribution in [0.3, 0.4) is 0 Å². The second-order valence-corrected chi connectivity index (χ2v) is 13.9. The van der Waals surface area contributed by atoms with E-state index in [2.05, 4.69) is 11.1 Å². The van der Waals surface area contributed by atoms with Crippen molar-refractivity contribution in [3.05, 3.63) is 100 Å². The lowest BCUT2D eigenvalue weighted by Crippen LogP contribution is -2.46. The van der Waals surface area contributed by atoms with Crippen LogP contribution >= 0.6 is 0 Å². The number of carbonyl (C=O) groups is 3. The summed E-state index contributed by atoms with van der Waals surface area (Å²) in [6, 6.07) is 19.1. The molecule has 0 spiro atoms. The van der Waals surface area contributed by atoms with Crippen LogP contribution in [0.25, 0.3) is 11.6 Å². The minimum absolute atomic E-state index is 0.0536. The molecule has 4 atom stereocenters. The van der Waals surface area contributed by atoms with Gasteiger partial charge in [0.05, 0.1) is 23.6 Å². The number of aromatic hydroxyl groups is 1. The molecule has 2 fully saturated rings. The topological polar surface area (TPSA) is 146 Å². The SMILES string of the molecule is Cc1cc(/C=C(/CC[C@H]2OB(O)C[C@H]3C2=C(COc2ccccc2)C[C@H]2C(=O)N(CCCCCC(=O)O)C(=O)[C@H]23)c2ccccn2)cc(C)c1O. The van der Waals surface area contributed by atoms with Gasteiger partial charge in [-0.1, -0.05) is 30.7 Å². The van der Waals surface area contributed by atoms with E-state index >= 15 is 0 Å². The lowest BCUT2D eigenvalue weighted by atomic mass is 9.58. The minimum Gasteiger partial charge on any atom is -0.507 e. The first kappa shape index (κ1) is 36.1. The Labute approximate surface area is 299 Å². The summed E-state index contributed by atoms with van der Waals surface area (Å²) in [5.41, 5.74) is 6.09. The van der Waals surface area contributed by atoms with Gasteiger partial charge in [0.25, 0.3) is 0 Å². The van der Waals surface area contributed by atoms with Crippen LogP contribution in [-0.2, 0) is 19.0 Å². The highest BCUT2D eigenvalue weighted by Gasteiger charge is 2.57. The van der Waals surface area contributed by atoms with Crippen molar-refractivity contribution in [3.8, 4) is 11.5 Å². The van der Waals surface area contributed by atoms with Crippen LogP contribution in [0.15, 0.2) is 78.0 Å². The van der Waals surface area contributed by atoms with Gasteiger partial charge in [-0.2, -0.15) is 0 Å². The number of phenols is 1. The molecule has 2 saturated heterocycles. The van der Waals surface area contributed by atoms with E-state index in [1.807, 2.05) is 74.5 Å². The normalized spacial score (nSPS) is 21.9. The maximum Gasteiger partial charge on any atom is 0.455 e. The lowest BCUT2D eigenvalue weighted by Gasteiger charge is -2.43. The molecule has 3 N–H and O–H groups in total. The van der Waals surface area contributed by atoms with Gasteiger partial charge >= 0.3 is 13.1 Å². The molecule has 6 rings (SSSR count). The second kappa shape index (κ2) is 16.1. The zero-order chi connectivity index (χ0) is 36.1. The largest absolute Gasteiger partial charge is 0.507 e. The van der Waals surface area contributed by atoms with Crippen molar-refractivity contribution in [1.29, 1.82) is 0 Å². The molecule has 2 aromatic carbocycles. The molecule has 0 saturated carbocycles. The Hall–Kier alpha value is -4.74. The Kier molecular flexibility index (Phi) is 11.4. The number of imide groups is 1. The van der Waals surface area contributed by atoms with Gasteiger partial charge in [0.2, 0.25) is 11.8 Å². The Morgan fingerprint density at radius 1 is 1.00 bits per heavy atom. The average Bonchev–Trinajstić information content (AvgIpc) is 3.36. The highest BCUT2D eigenvalue weighted by Crippen LogP contribution is 2.51. The quantitative estimate of drug-likeness (QED) is 0.0773. The summed E-state index contributed by atoms with van der Waals surface area (Å²) in [5, 5.41) is 30.5. The number of amides is 2. The number of carbonyl (C=O) groups excluding carboxylic acids is 2. The van der Waals surface area contributed by atoms with Crippen molar-refractivity contribution in [2.45, 2.75) is 71.2 Å². The summed E-state index contributed by atoms with van der Waals surface area (Å²) in [6.07, 6.45) is 6.55. The summed E-state index contributed by atoms with van der Waals surface area (Å²) in [5.74, 6) is -1.91. The smallest absolute Gasteiger partial charge is 0.455 e. The number of phenolic OH excluding ortho intramolecular Hbond substituents is 1. The van der Waals surface area contributed by atoms with E-state index in [1.165, 1.54) is 4.90 Å². The van der Waals surface area contributed by atoms with Crippen LogP contribution in [0, 0.1) is 31.6 Å². The summed E-state index contributed by atoms with van der Waals surface area (Å²) < 4.78 is 12.5. The van der Waals surface area contributed by atoms with E-state index in [0.717, 1.165) is 39.1 Å². The molecule has 0 unspecified atom stereocenters. The fourth-order valence-electron chi connectivity index (χ4n) is 7.98. The van der Waals surface area contributed by atoms with Crippen molar-refractivity contribution in [2.24, 2.45) is 17.8 Å². The van der Waals surface area contributed by atoms with Crippen molar-refractivity contribution in [3.63, 3.8) is 0 Å². The van der Waals surface area contributed by atoms with Crippen molar-refractivity contribution in [2.75, 3.05) is 13.2 Å². The fraction of sp³-hybridized carbons (Fsp3) is 0.400. The highest BCUT2D eigenvalue weighted by atomic mass is 16.5. The van der Waals surface area contributed by atoms with Crippen LogP contribution in [-0.4, -0.2) is 69.3 Å². The van der Waals surface area contributed by atoms with Crippen molar-refractivity contribution >= 4 is 36.6 Å². The van der Waals surface area contributed by atoms with Gasteiger partial charge in [-0.25, -0.2) is 0 Å². The molecule has 1 aromatic heterocycles. The van der Waals surface area contributed by atoms with E-state index in [0.29, 0.717) is 44.3 Å². The zero-order valence-electron chi connectivity index (χ0n) is 29.2. The van der Waals surface area contributed by atoms with Crippen molar-refractivity contribution < 1.29 is 39.0 Å². The fourth-order valence-corrected chi connectivity index (χ4v) is 7.98. The Balaban J connectivity index is 1.30. The highest BCUT2D eigenvalue weighted by molar-refractivity contribution is 6.43. The van der Waals surface area contributed by atoms with Crippen LogP contribution in [0.5, 0.6) is 11.5 Å².